The van der Waals surface area contributed by atoms with Gasteiger partial charge in [0.05, 0.1) is 49.0 Å². The van der Waals surface area contributed by atoms with Crippen LogP contribution in [-0.2, 0) is 59.6 Å². The van der Waals surface area contributed by atoms with Gasteiger partial charge in [0.2, 0.25) is 11.9 Å². The lowest BCUT2D eigenvalue weighted by molar-refractivity contribution is -0.237. The average Bonchev–Trinajstić information content (AvgIpc) is 4.17. The molecule has 9 heterocycles. The molecule has 9 rings (SSSR count). The van der Waals surface area contributed by atoms with Crippen molar-refractivity contribution in [1.29, 1.82) is 0 Å². The molecule has 0 aromatic carbocycles. The highest BCUT2D eigenvalue weighted by atomic mass is 31.3. The van der Waals surface area contributed by atoms with E-state index in [9.17, 15) is 67.8 Å². The van der Waals surface area contributed by atoms with Crippen LogP contribution in [0, 0.1) is 6.92 Å². The number of aliphatic imine (C=N–C) groups is 1. The highest BCUT2D eigenvalue weighted by molar-refractivity contribution is 7.72. The third kappa shape index (κ3) is 11.0. The van der Waals surface area contributed by atoms with Gasteiger partial charge >= 0.3 is 0 Å². The summed E-state index contributed by atoms with van der Waals surface area (Å²) in [4.78, 5) is 106. The van der Waals surface area contributed by atoms with E-state index in [2.05, 4.69) is 48.7 Å². The van der Waals surface area contributed by atoms with Crippen LogP contribution in [0.3, 0.4) is 0 Å². The monoisotopic (exact) mass is 1140 g/mol. The molecule has 3 fully saturated rings. The second-order valence-corrected chi connectivity index (χ2v) is 24.2. The van der Waals surface area contributed by atoms with Gasteiger partial charge in [0.25, 0.3) is 26.8 Å². The molecule has 3 saturated heterocycles. The zero-order valence-corrected chi connectivity index (χ0v) is 41.9. The van der Waals surface area contributed by atoms with Gasteiger partial charge in [-0.1, -0.05) is 0 Å². The Morgan fingerprint density at radius 2 is 1.33 bits per heavy atom. The van der Waals surface area contributed by atoms with Crippen molar-refractivity contribution in [1.82, 2.24) is 44.0 Å². The minimum Gasteiger partial charge on any atom is -0.778 e. The topological polar surface area (TPSA) is 555 Å². The number of fused-ring (bicyclic) bond motifs is 3. The van der Waals surface area contributed by atoms with E-state index in [-0.39, 0.29) is 51.3 Å². The number of imidazole rings is 1. The molecule has 75 heavy (non-hydrogen) atoms. The standard InChI is InChI=1S/C35H47N13O23P4/c1-11-4-47(28-16(11)30(53)45-34(37)43-28)32-22(51)20(49)14(68-32)6-66-75(61,62)71-73(57,58)10-72(55,56)64-7-15-25(26(63-2)24(67-15)12-3-39-18-17(12)40-8-41-27(18)36)70-74(59,60)65-5-13-21(50)23(52)33(69-13)48-9-42-19-29(48)44-35(38)46-31(19)54/h3-4,8-9,12-15,20-26,32-33,49-52H,5-7,10H2,1-2H3,(H,55,56)(H,57,58)(H,59,60)(H,61,62)(H2,36,40,41)(H3,37,43,45,53)(H3,38,44,46,54)/p-4. The van der Waals surface area contributed by atoms with E-state index in [1.807, 2.05) is 0 Å². The van der Waals surface area contributed by atoms with E-state index >= 15 is 0 Å². The van der Waals surface area contributed by atoms with Crippen molar-refractivity contribution in [3.05, 3.63) is 50.8 Å². The number of nitrogen functional groups attached to an aromatic ring is 3. The molecule has 40 heteroatoms. The first-order valence-electron chi connectivity index (χ1n) is 21.7. The van der Waals surface area contributed by atoms with Crippen molar-refractivity contribution >= 4 is 82.7 Å². The quantitative estimate of drug-likeness (QED) is 0.0349. The molecule has 36 nitrogen and oxygen atoms in total. The summed E-state index contributed by atoms with van der Waals surface area (Å²) >= 11 is 0. The van der Waals surface area contributed by atoms with Crippen molar-refractivity contribution in [3.63, 3.8) is 0 Å². The Kier molecular flexibility index (Phi) is 15.0. The van der Waals surface area contributed by atoms with Crippen LogP contribution in [0.2, 0.25) is 0 Å². The Morgan fingerprint density at radius 3 is 1.99 bits per heavy atom. The summed E-state index contributed by atoms with van der Waals surface area (Å²) < 4.78 is 102. The van der Waals surface area contributed by atoms with Gasteiger partial charge in [0.15, 0.2) is 42.7 Å². The van der Waals surface area contributed by atoms with Crippen molar-refractivity contribution in [2.45, 2.75) is 86.3 Å². The molecule has 4 aliphatic heterocycles. The van der Waals surface area contributed by atoms with E-state index < -0.39 is 147 Å². The zero-order valence-electron chi connectivity index (χ0n) is 38.3. The molecule has 0 spiro atoms. The first kappa shape index (κ1) is 54.9. The average molecular weight is 1140 g/mol. The van der Waals surface area contributed by atoms with E-state index in [0.29, 0.717) is 5.56 Å². The summed E-state index contributed by atoms with van der Waals surface area (Å²) in [6.07, 6.45) is -15.5. The Hall–Kier alpha value is -4.84. The fraction of sp³-hybridized carbons (Fsp3) is 0.543. The number of aliphatic hydroxyl groups is 4. The van der Waals surface area contributed by atoms with Gasteiger partial charge in [-0.2, -0.15) is 9.97 Å². The number of nitrogens with two attached hydrogens (primary N) is 3. The fourth-order valence-electron chi connectivity index (χ4n) is 8.85. The number of phosphoric ester groups is 2. The largest absolute Gasteiger partial charge is 0.778 e. The number of aryl methyl sites for hydroxylation is 1. The molecule has 0 amide bonds. The molecular weight excluding hydrogens is 1090 g/mol. The van der Waals surface area contributed by atoms with Crippen LogP contribution >= 0.6 is 30.8 Å². The maximum Gasteiger partial charge on any atom is 0.280 e. The molecule has 17 atom stereocenters. The molecule has 0 radical (unpaired) electrons. The zero-order chi connectivity index (χ0) is 54.3. The first-order chi connectivity index (χ1) is 35.2. The number of hydrogen-bond acceptors (Lipinski definition) is 32. The summed E-state index contributed by atoms with van der Waals surface area (Å²) in [6, 6.07) is 0. The second-order valence-electron chi connectivity index (χ2n) is 17.2. The highest BCUT2D eigenvalue weighted by Crippen LogP contribution is 2.62. The molecule has 0 aliphatic carbocycles. The maximum atomic E-state index is 13.6. The third-order valence-electron chi connectivity index (χ3n) is 12.1. The van der Waals surface area contributed by atoms with Crippen LogP contribution in [0.4, 0.5) is 23.4 Å². The third-order valence-corrected chi connectivity index (χ3v) is 18.7. The van der Waals surface area contributed by atoms with Gasteiger partial charge in [-0.05, 0) is 12.5 Å². The van der Waals surface area contributed by atoms with Crippen LogP contribution in [-0.4, -0.2) is 165 Å². The Labute approximate surface area is 417 Å². The number of nitrogens with one attached hydrogen (secondary N) is 2. The van der Waals surface area contributed by atoms with Crippen LogP contribution in [0.15, 0.2) is 33.4 Å². The summed E-state index contributed by atoms with van der Waals surface area (Å²) in [5.41, 5.74) is 16.0. The van der Waals surface area contributed by atoms with Crippen molar-refractivity contribution < 1.29 is 99.6 Å². The lowest BCUT2D eigenvalue weighted by Crippen LogP contribution is -2.41. The Morgan fingerprint density at radius 1 is 0.733 bits per heavy atom. The highest BCUT2D eigenvalue weighted by Gasteiger charge is 2.53. The second kappa shape index (κ2) is 20.5. The summed E-state index contributed by atoms with van der Waals surface area (Å²) in [5, 5.41) is 43.2. The van der Waals surface area contributed by atoms with Gasteiger partial charge in [-0.15, -0.1) is 0 Å². The number of H-pyrrole nitrogens is 2. The van der Waals surface area contributed by atoms with E-state index in [1.54, 1.807) is 0 Å². The fourth-order valence-corrected chi connectivity index (χ4v) is 14.6. The van der Waals surface area contributed by atoms with Crippen LogP contribution in [0.5, 0.6) is 0 Å². The molecule has 410 valence electrons. The van der Waals surface area contributed by atoms with Gasteiger partial charge in [0, 0.05) is 19.5 Å². The molecule has 0 bridgehead atoms. The van der Waals surface area contributed by atoms with Crippen molar-refractivity contribution in [2.75, 3.05) is 50.0 Å². The molecule has 5 aromatic heterocycles. The smallest absolute Gasteiger partial charge is 0.280 e. The number of aliphatic hydroxyl groups excluding tert-OH is 4. The number of ether oxygens (including phenoxy) is 4. The first-order valence-corrected chi connectivity index (χ1v) is 28.1. The predicted octanol–water partition coefficient (Wildman–Crippen LogP) is -5.32. The number of aromatic amines is 2. The van der Waals surface area contributed by atoms with Crippen LogP contribution < -0.4 is 47.9 Å². The minimum atomic E-state index is -6.08. The molecule has 4 aliphatic rings. The van der Waals surface area contributed by atoms with Crippen LogP contribution in [0.25, 0.3) is 22.2 Å². The summed E-state index contributed by atoms with van der Waals surface area (Å²) in [6.45, 7) is -1.96. The Balaban J connectivity index is 0.856. The normalized spacial score (nSPS) is 31.9. The lowest BCUT2D eigenvalue weighted by atomic mass is 9.94. The number of methoxy groups -OCH3 is 1. The molecule has 12 N–H and O–H groups in total. The van der Waals surface area contributed by atoms with E-state index in [4.69, 9.17) is 49.7 Å². The minimum absolute atomic E-state index is 0.0504. The molecule has 5 aromatic rings. The summed E-state index contributed by atoms with van der Waals surface area (Å²) in [7, 11) is -22.5. The number of hydrogen-bond donors (Lipinski definition) is 9. The van der Waals surface area contributed by atoms with Crippen molar-refractivity contribution in [2.24, 2.45) is 4.99 Å². The molecule has 17 unspecified atom stereocenters. The number of anilines is 3. The van der Waals surface area contributed by atoms with Gasteiger partial charge in [-0.25, -0.2) is 15.0 Å². The number of aromatic nitrogens is 9. The maximum absolute atomic E-state index is 13.6. The molecular formula is C35H43N13O23P4-4. The van der Waals surface area contributed by atoms with Crippen LogP contribution in [0.1, 0.15) is 29.6 Å². The van der Waals surface area contributed by atoms with E-state index in [0.717, 1.165) is 28.9 Å². The number of nitrogens with zero attached hydrogens (tertiary/aromatic N) is 8. The predicted molar refractivity (Wildman–Crippen MR) is 240 cm³/mol. The van der Waals surface area contributed by atoms with Gasteiger partial charge in [-0.3, -0.25) is 42.6 Å². The lowest BCUT2D eigenvalue weighted by Gasteiger charge is -2.36. The summed E-state index contributed by atoms with van der Waals surface area (Å²) in [5.74, 6) is -3.85. The number of phosphoric acid groups is 2. The SMILES string of the molecule is COC1C(OP(=O)([O-])OCC2OC(n3cnc4c(=O)[nH]c(N)nc43)C(O)C2O)C(COP(=O)([O-])CP(=O)([O-])OP(=O)([O-])OCC2OC(n3cc(C)c4c(=O)[nH]c(N)nc43)C(O)C2O)OC1C1C=Nc2c(N)ncnc21. The van der Waals surface area contributed by atoms with Crippen molar-refractivity contribution in [3.8, 4) is 0 Å². The van der Waals surface area contributed by atoms with Gasteiger partial charge in [0.1, 0.15) is 80.7 Å². The number of rotatable bonds is 19. The van der Waals surface area contributed by atoms with Gasteiger partial charge < -0.3 is 108 Å². The molecule has 0 saturated carbocycles. The van der Waals surface area contributed by atoms with E-state index in [1.165, 1.54) is 19.3 Å². The Bertz CT molecular complexity index is 3360.